The minimum atomic E-state index is -0.377. The number of nitrogens with zero attached hydrogens (tertiary/aromatic N) is 2. The number of rotatable bonds is 7. The molecule has 0 spiro atoms. The minimum Gasteiger partial charge on any atom is -0.497 e. The van der Waals surface area contributed by atoms with Gasteiger partial charge in [0.05, 0.1) is 19.9 Å². The van der Waals surface area contributed by atoms with Crippen LogP contribution in [0.3, 0.4) is 0 Å². The highest BCUT2D eigenvalue weighted by Crippen LogP contribution is 2.26. The number of hydrogen-bond acceptors (Lipinski definition) is 6. The summed E-state index contributed by atoms with van der Waals surface area (Å²) in [7, 11) is 3.11. The maximum absolute atomic E-state index is 12.4. The first kappa shape index (κ1) is 20.5. The summed E-state index contributed by atoms with van der Waals surface area (Å²) < 4.78 is 10.4. The number of methoxy groups -OCH3 is 2. The van der Waals surface area contributed by atoms with Gasteiger partial charge >= 0.3 is 6.03 Å². The van der Waals surface area contributed by atoms with Gasteiger partial charge < -0.3 is 20.1 Å². The van der Waals surface area contributed by atoms with Crippen LogP contribution in [0.15, 0.2) is 59.6 Å². The number of aromatic nitrogens is 2. The number of nitrogens with one attached hydrogen (secondary N) is 2. The van der Waals surface area contributed by atoms with Crippen molar-refractivity contribution >= 4 is 29.2 Å². The van der Waals surface area contributed by atoms with Gasteiger partial charge in [-0.1, -0.05) is 19.1 Å². The Hall–Kier alpha value is -3.26. The Balaban J connectivity index is 1.70. The molecule has 2 amide bonds. The molecule has 0 radical (unpaired) electrons. The minimum absolute atomic E-state index is 0.377. The van der Waals surface area contributed by atoms with Crippen molar-refractivity contribution in [3.8, 4) is 22.8 Å². The molecule has 29 heavy (non-hydrogen) atoms. The molecule has 1 aromatic heterocycles. The molecule has 150 valence electrons. The van der Waals surface area contributed by atoms with E-state index in [2.05, 4.69) is 27.8 Å². The number of amides is 2. The van der Waals surface area contributed by atoms with Crippen molar-refractivity contribution in [2.24, 2.45) is 0 Å². The topological polar surface area (TPSA) is 85.4 Å². The fourth-order valence-electron chi connectivity index (χ4n) is 2.63. The molecule has 8 heteroatoms. The van der Waals surface area contributed by atoms with E-state index >= 15 is 0 Å². The summed E-state index contributed by atoms with van der Waals surface area (Å²) in [6.07, 6.45) is 0. The number of carbonyl (C=O) groups is 1. The molecular weight excluding hydrogens is 388 g/mol. The van der Waals surface area contributed by atoms with Crippen LogP contribution in [-0.4, -0.2) is 36.2 Å². The van der Waals surface area contributed by atoms with E-state index in [1.807, 2.05) is 36.4 Å². The van der Waals surface area contributed by atoms with Gasteiger partial charge in [0.1, 0.15) is 16.5 Å². The first-order chi connectivity index (χ1) is 14.1. The molecule has 3 aromatic rings. The Morgan fingerprint density at radius 2 is 1.66 bits per heavy atom. The maximum atomic E-state index is 12.4. The molecule has 2 aromatic carbocycles. The number of benzene rings is 2. The standard InChI is InChI=1S/C21H22N4O3S/c1-4-29-20-9-8-19(24-25-20)14-6-5-7-15(10-14)22-21(26)23-16-11-17(27-2)13-18(12-16)28-3/h5-13H,4H2,1-3H3,(H2,22,23,26). The van der Waals surface area contributed by atoms with Crippen molar-refractivity contribution in [3.63, 3.8) is 0 Å². The fraction of sp³-hybridized carbons (Fsp3) is 0.190. The Kier molecular flexibility index (Phi) is 6.91. The third kappa shape index (κ3) is 5.61. The van der Waals surface area contributed by atoms with Crippen LogP contribution in [-0.2, 0) is 0 Å². The highest BCUT2D eigenvalue weighted by Gasteiger charge is 2.08. The van der Waals surface area contributed by atoms with Gasteiger partial charge in [0.15, 0.2) is 0 Å². The molecule has 1 heterocycles. The van der Waals surface area contributed by atoms with Gasteiger partial charge in [-0.2, -0.15) is 0 Å². The van der Waals surface area contributed by atoms with Crippen molar-refractivity contribution in [3.05, 3.63) is 54.6 Å². The number of urea groups is 1. The van der Waals surface area contributed by atoms with Crippen LogP contribution in [0, 0.1) is 0 Å². The number of anilines is 2. The molecule has 2 N–H and O–H groups in total. The van der Waals surface area contributed by atoms with Gasteiger partial charge in [-0.25, -0.2) is 4.79 Å². The largest absolute Gasteiger partial charge is 0.497 e. The van der Waals surface area contributed by atoms with Crippen LogP contribution in [0.5, 0.6) is 11.5 Å². The first-order valence-electron chi connectivity index (χ1n) is 8.99. The third-order valence-corrected chi connectivity index (χ3v) is 4.76. The zero-order chi connectivity index (χ0) is 20.6. The predicted octanol–water partition coefficient (Wildman–Crippen LogP) is 4.92. The molecule has 7 nitrogen and oxygen atoms in total. The van der Waals surface area contributed by atoms with Crippen LogP contribution in [0.25, 0.3) is 11.3 Å². The summed E-state index contributed by atoms with van der Waals surface area (Å²) in [5, 5.41) is 15.0. The van der Waals surface area contributed by atoms with Crippen LogP contribution in [0.2, 0.25) is 0 Å². The molecule has 3 rings (SSSR count). The van der Waals surface area contributed by atoms with Gasteiger partial charge in [0.25, 0.3) is 0 Å². The average Bonchev–Trinajstić information content (AvgIpc) is 2.74. The zero-order valence-corrected chi connectivity index (χ0v) is 17.2. The Bertz CT molecular complexity index is 958. The van der Waals surface area contributed by atoms with Gasteiger partial charge in [-0.05, 0) is 30.0 Å². The summed E-state index contributed by atoms with van der Waals surface area (Å²) in [5.74, 6) is 2.12. The molecule has 0 aliphatic rings. The molecule has 0 saturated carbocycles. The van der Waals surface area contributed by atoms with E-state index < -0.39 is 0 Å². The third-order valence-electron chi connectivity index (χ3n) is 3.96. The molecule has 0 unspecified atom stereocenters. The van der Waals surface area contributed by atoms with Gasteiger partial charge in [-0.15, -0.1) is 22.0 Å². The second-order valence-electron chi connectivity index (χ2n) is 5.95. The SMILES string of the molecule is CCSc1ccc(-c2cccc(NC(=O)Nc3cc(OC)cc(OC)c3)c2)nn1. The van der Waals surface area contributed by atoms with Crippen molar-refractivity contribution in [1.82, 2.24) is 10.2 Å². The molecule has 0 aliphatic heterocycles. The monoisotopic (exact) mass is 410 g/mol. The van der Waals surface area contributed by atoms with E-state index in [0.29, 0.717) is 22.9 Å². The average molecular weight is 410 g/mol. The quantitative estimate of drug-likeness (QED) is 0.538. The smallest absolute Gasteiger partial charge is 0.323 e. The van der Waals surface area contributed by atoms with Crippen LogP contribution >= 0.6 is 11.8 Å². The Morgan fingerprint density at radius 3 is 2.28 bits per heavy atom. The summed E-state index contributed by atoms with van der Waals surface area (Å²) in [6, 6.07) is 16.1. The molecular formula is C21H22N4O3S. The van der Waals surface area contributed by atoms with E-state index in [1.54, 1.807) is 44.2 Å². The number of ether oxygens (including phenoxy) is 2. The van der Waals surface area contributed by atoms with Gasteiger partial charge in [-0.3, -0.25) is 0 Å². The predicted molar refractivity (Wildman–Crippen MR) is 116 cm³/mol. The van der Waals surface area contributed by atoms with E-state index in [-0.39, 0.29) is 6.03 Å². The van der Waals surface area contributed by atoms with Crippen molar-refractivity contribution in [1.29, 1.82) is 0 Å². The van der Waals surface area contributed by atoms with Crippen LogP contribution in [0.1, 0.15) is 6.92 Å². The summed E-state index contributed by atoms with van der Waals surface area (Å²) in [5.41, 5.74) is 2.81. The summed E-state index contributed by atoms with van der Waals surface area (Å²) in [4.78, 5) is 12.4. The van der Waals surface area contributed by atoms with Crippen LogP contribution in [0.4, 0.5) is 16.2 Å². The normalized spacial score (nSPS) is 10.3. The van der Waals surface area contributed by atoms with E-state index in [1.165, 1.54) is 0 Å². The molecule has 0 fully saturated rings. The number of hydrogen-bond donors (Lipinski definition) is 2. The zero-order valence-electron chi connectivity index (χ0n) is 16.4. The number of thioether (sulfide) groups is 1. The highest BCUT2D eigenvalue weighted by atomic mass is 32.2. The molecule has 0 saturated heterocycles. The summed E-state index contributed by atoms with van der Waals surface area (Å²) >= 11 is 1.64. The van der Waals surface area contributed by atoms with Crippen molar-refractivity contribution in [2.75, 3.05) is 30.6 Å². The van der Waals surface area contributed by atoms with E-state index in [9.17, 15) is 4.79 Å². The second-order valence-corrected chi connectivity index (χ2v) is 7.24. The van der Waals surface area contributed by atoms with Crippen molar-refractivity contribution < 1.29 is 14.3 Å². The van der Waals surface area contributed by atoms with Gasteiger partial charge in [0, 0.05) is 35.1 Å². The molecule has 0 bridgehead atoms. The Labute approximate surface area is 173 Å². The first-order valence-corrected chi connectivity index (χ1v) is 9.98. The van der Waals surface area contributed by atoms with Gasteiger partial charge in [0.2, 0.25) is 0 Å². The lowest BCUT2D eigenvalue weighted by atomic mass is 10.1. The lowest BCUT2D eigenvalue weighted by molar-refractivity contribution is 0.262. The second kappa shape index (κ2) is 9.79. The lowest BCUT2D eigenvalue weighted by Crippen LogP contribution is -2.19. The maximum Gasteiger partial charge on any atom is 0.323 e. The van der Waals surface area contributed by atoms with E-state index in [4.69, 9.17) is 9.47 Å². The highest BCUT2D eigenvalue weighted by molar-refractivity contribution is 7.99. The molecule has 0 aliphatic carbocycles. The lowest BCUT2D eigenvalue weighted by Gasteiger charge is -2.11. The van der Waals surface area contributed by atoms with Crippen LogP contribution < -0.4 is 20.1 Å². The Morgan fingerprint density at radius 1 is 0.931 bits per heavy atom. The number of carbonyl (C=O) groups excluding carboxylic acids is 1. The van der Waals surface area contributed by atoms with E-state index in [0.717, 1.165) is 22.0 Å². The summed E-state index contributed by atoms with van der Waals surface area (Å²) in [6.45, 7) is 2.07. The fourth-order valence-corrected chi connectivity index (χ4v) is 3.19. The molecule has 0 atom stereocenters. The van der Waals surface area contributed by atoms with Crippen molar-refractivity contribution in [2.45, 2.75) is 11.9 Å².